The number of nitrogens with zero attached hydrogens (tertiary/aromatic N) is 1. The number of aromatic carboxylic acids is 1. The molecule has 0 radical (unpaired) electrons. The molecule has 1 aromatic rings. The van der Waals surface area contributed by atoms with E-state index in [4.69, 9.17) is 5.11 Å². The summed E-state index contributed by atoms with van der Waals surface area (Å²) in [6, 6.07) is 0. The predicted octanol–water partition coefficient (Wildman–Crippen LogP) is 1.83. The highest BCUT2D eigenvalue weighted by atomic mass is 16.4. The summed E-state index contributed by atoms with van der Waals surface area (Å²) in [4.78, 5) is 22.3. The molecule has 0 amide bonds. The summed E-state index contributed by atoms with van der Waals surface area (Å²) < 4.78 is 1.62. The average molecular weight is 251 g/mol. The van der Waals surface area contributed by atoms with Gasteiger partial charge in [-0.25, -0.2) is 4.79 Å². The molecule has 1 heterocycles. The molecule has 98 valence electrons. The van der Waals surface area contributed by atoms with Crippen LogP contribution in [0.25, 0.3) is 0 Å². The first-order chi connectivity index (χ1) is 8.58. The Morgan fingerprint density at radius 3 is 2.56 bits per heavy atom. The van der Waals surface area contributed by atoms with Crippen molar-refractivity contribution >= 4 is 5.97 Å². The van der Waals surface area contributed by atoms with Crippen LogP contribution in [0.5, 0.6) is 5.75 Å². The molecule has 0 atom stereocenters. The van der Waals surface area contributed by atoms with Crippen molar-refractivity contribution in [3.8, 4) is 5.75 Å². The minimum Gasteiger partial charge on any atom is -0.503 e. The van der Waals surface area contributed by atoms with Crippen LogP contribution in [0.3, 0.4) is 0 Å². The number of aromatic nitrogens is 1. The average Bonchev–Trinajstić information content (AvgIpc) is 2.34. The number of hydrogen-bond acceptors (Lipinski definition) is 3. The largest absolute Gasteiger partial charge is 0.503 e. The standard InChI is InChI=1S/C13H17NO4/c15-11-8-14(6-9-4-2-1-3-5-9)7-10(12(11)16)13(17)18/h7-9,15H,1-6H2,(H,17,18). The fraction of sp³-hybridized carbons (Fsp3) is 0.538. The van der Waals surface area contributed by atoms with Gasteiger partial charge in [-0.05, 0) is 18.8 Å². The fourth-order valence-electron chi connectivity index (χ4n) is 2.54. The van der Waals surface area contributed by atoms with Crippen molar-refractivity contribution in [3.05, 3.63) is 28.2 Å². The smallest absolute Gasteiger partial charge is 0.341 e. The first kappa shape index (κ1) is 12.7. The molecule has 5 heteroatoms. The zero-order chi connectivity index (χ0) is 13.1. The van der Waals surface area contributed by atoms with E-state index in [2.05, 4.69) is 0 Å². The SMILES string of the molecule is O=C(O)c1cn(CC2CCCCC2)cc(O)c1=O. The Kier molecular flexibility index (Phi) is 3.69. The van der Waals surface area contributed by atoms with Crippen molar-refractivity contribution in [1.29, 1.82) is 0 Å². The third kappa shape index (κ3) is 2.72. The number of carboxylic acid groups (broad SMARTS) is 1. The Labute approximate surface area is 105 Å². The summed E-state index contributed by atoms with van der Waals surface area (Å²) in [5.41, 5.74) is -1.19. The van der Waals surface area contributed by atoms with Gasteiger partial charge >= 0.3 is 5.97 Å². The summed E-state index contributed by atoms with van der Waals surface area (Å²) in [6.07, 6.45) is 8.53. The molecule has 1 saturated carbocycles. The van der Waals surface area contributed by atoms with Gasteiger partial charge in [0.15, 0.2) is 5.75 Å². The minimum absolute atomic E-state index is 0.370. The van der Waals surface area contributed by atoms with E-state index in [9.17, 15) is 14.7 Å². The highest BCUT2D eigenvalue weighted by molar-refractivity contribution is 5.87. The van der Waals surface area contributed by atoms with Crippen molar-refractivity contribution in [2.24, 2.45) is 5.92 Å². The lowest BCUT2D eigenvalue weighted by Gasteiger charge is -2.22. The normalized spacial score (nSPS) is 16.7. The van der Waals surface area contributed by atoms with E-state index in [1.807, 2.05) is 0 Å². The molecule has 18 heavy (non-hydrogen) atoms. The molecule has 0 aromatic carbocycles. The van der Waals surface area contributed by atoms with Crippen LogP contribution in [0.15, 0.2) is 17.2 Å². The molecule has 2 rings (SSSR count). The first-order valence-corrected chi connectivity index (χ1v) is 6.24. The molecule has 0 bridgehead atoms. The van der Waals surface area contributed by atoms with E-state index in [-0.39, 0.29) is 5.56 Å². The number of rotatable bonds is 3. The van der Waals surface area contributed by atoms with Crippen molar-refractivity contribution < 1.29 is 15.0 Å². The topological polar surface area (TPSA) is 79.5 Å². The summed E-state index contributed by atoms with van der Waals surface area (Å²) >= 11 is 0. The van der Waals surface area contributed by atoms with Gasteiger partial charge in [0.2, 0.25) is 5.43 Å². The molecule has 1 aromatic heterocycles. The number of hydrogen-bond donors (Lipinski definition) is 2. The third-order valence-electron chi connectivity index (χ3n) is 3.48. The second-order valence-corrected chi connectivity index (χ2v) is 4.89. The lowest BCUT2D eigenvalue weighted by Crippen LogP contribution is -2.20. The van der Waals surface area contributed by atoms with Crippen molar-refractivity contribution in [3.63, 3.8) is 0 Å². The van der Waals surface area contributed by atoms with Gasteiger partial charge < -0.3 is 14.8 Å². The van der Waals surface area contributed by atoms with Gasteiger partial charge in [-0.15, -0.1) is 0 Å². The van der Waals surface area contributed by atoms with E-state index >= 15 is 0 Å². The van der Waals surface area contributed by atoms with Crippen LogP contribution >= 0.6 is 0 Å². The second-order valence-electron chi connectivity index (χ2n) is 4.89. The highest BCUT2D eigenvalue weighted by Gasteiger charge is 2.17. The van der Waals surface area contributed by atoms with Crippen molar-refractivity contribution in [2.45, 2.75) is 38.6 Å². The molecule has 1 aliphatic rings. The van der Waals surface area contributed by atoms with E-state index in [0.717, 1.165) is 12.8 Å². The van der Waals surface area contributed by atoms with Crippen LogP contribution in [-0.4, -0.2) is 20.7 Å². The van der Waals surface area contributed by atoms with Crippen molar-refractivity contribution in [1.82, 2.24) is 4.57 Å². The maximum absolute atomic E-state index is 11.4. The predicted molar refractivity (Wildman–Crippen MR) is 65.9 cm³/mol. The van der Waals surface area contributed by atoms with Crippen LogP contribution < -0.4 is 5.43 Å². The number of carboxylic acids is 1. The zero-order valence-electron chi connectivity index (χ0n) is 10.1. The van der Waals surface area contributed by atoms with E-state index in [0.29, 0.717) is 12.5 Å². The molecule has 0 spiro atoms. The molecule has 0 saturated heterocycles. The van der Waals surface area contributed by atoms with Gasteiger partial charge in [-0.1, -0.05) is 19.3 Å². The lowest BCUT2D eigenvalue weighted by molar-refractivity contribution is 0.0693. The number of carbonyl (C=O) groups is 1. The molecular weight excluding hydrogens is 234 g/mol. The first-order valence-electron chi connectivity index (χ1n) is 6.24. The van der Waals surface area contributed by atoms with Gasteiger partial charge in [-0.3, -0.25) is 4.79 Å². The maximum atomic E-state index is 11.4. The fourth-order valence-corrected chi connectivity index (χ4v) is 2.54. The van der Waals surface area contributed by atoms with Crippen LogP contribution in [0.1, 0.15) is 42.5 Å². The molecule has 2 N–H and O–H groups in total. The Balaban J connectivity index is 2.22. The Morgan fingerprint density at radius 2 is 1.94 bits per heavy atom. The Bertz CT molecular complexity index is 500. The molecule has 0 unspecified atom stereocenters. The minimum atomic E-state index is -1.30. The van der Waals surface area contributed by atoms with Gasteiger partial charge in [-0.2, -0.15) is 0 Å². The molecule has 1 fully saturated rings. The van der Waals surface area contributed by atoms with Crippen LogP contribution in [0.4, 0.5) is 0 Å². The second kappa shape index (κ2) is 5.25. The zero-order valence-corrected chi connectivity index (χ0v) is 10.1. The number of aromatic hydroxyl groups is 1. The Hall–Kier alpha value is -1.78. The summed E-state index contributed by atoms with van der Waals surface area (Å²) in [5, 5.41) is 18.4. The summed E-state index contributed by atoms with van der Waals surface area (Å²) in [7, 11) is 0. The number of pyridine rings is 1. The molecular formula is C13H17NO4. The highest BCUT2D eigenvalue weighted by Crippen LogP contribution is 2.25. The third-order valence-corrected chi connectivity index (χ3v) is 3.48. The molecule has 0 aliphatic heterocycles. The van der Waals surface area contributed by atoms with Gasteiger partial charge in [0.25, 0.3) is 0 Å². The van der Waals surface area contributed by atoms with E-state index < -0.39 is 17.1 Å². The maximum Gasteiger partial charge on any atom is 0.341 e. The van der Waals surface area contributed by atoms with Crippen LogP contribution in [0, 0.1) is 5.92 Å². The quantitative estimate of drug-likeness (QED) is 0.859. The monoisotopic (exact) mass is 251 g/mol. The Morgan fingerprint density at radius 1 is 1.28 bits per heavy atom. The van der Waals surface area contributed by atoms with Gasteiger partial charge in [0, 0.05) is 18.9 Å². The lowest BCUT2D eigenvalue weighted by atomic mass is 9.89. The van der Waals surface area contributed by atoms with Crippen LogP contribution in [0.2, 0.25) is 0 Å². The van der Waals surface area contributed by atoms with Crippen molar-refractivity contribution in [2.75, 3.05) is 0 Å². The van der Waals surface area contributed by atoms with Gasteiger partial charge in [0.05, 0.1) is 0 Å². The summed E-state index contributed by atoms with van der Waals surface area (Å²) in [5.74, 6) is -1.29. The molecule has 1 aliphatic carbocycles. The van der Waals surface area contributed by atoms with Crippen LogP contribution in [-0.2, 0) is 6.54 Å². The van der Waals surface area contributed by atoms with E-state index in [1.54, 1.807) is 4.57 Å². The summed E-state index contributed by atoms with van der Waals surface area (Å²) in [6.45, 7) is 0.661. The van der Waals surface area contributed by atoms with Gasteiger partial charge in [0.1, 0.15) is 5.56 Å². The molecule has 5 nitrogen and oxygen atoms in total. The van der Waals surface area contributed by atoms with E-state index in [1.165, 1.54) is 31.7 Å².